The van der Waals surface area contributed by atoms with Crippen LogP contribution in [0, 0.1) is 0 Å². The zero-order chi connectivity index (χ0) is 49.7. The molecule has 17 nitrogen and oxygen atoms in total. The number of fused-ring (bicyclic) bond motifs is 2. The number of aliphatic hydroxyl groups excluding tert-OH is 1. The van der Waals surface area contributed by atoms with Crippen molar-refractivity contribution in [3.05, 3.63) is 69.7 Å². The van der Waals surface area contributed by atoms with Gasteiger partial charge in [-0.15, -0.1) is 17.0 Å². The van der Waals surface area contributed by atoms with Crippen molar-refractivity contribution in [3.8, 4) is 0 Å². The maximum atomic E-state index is 13.6. The lowest BCUT2D eigenvalue weighted by atomic mass is 10.0. The molecule has 3 N–H and O–H groups in total. The van der Waals surface area contributed by atoms with Crippen LogP contribution in [0.1, 0.15) is 108 Å². The van der Waals surface area contributed by atoms with Gasteiger partial charge in [-0.05, 0) is 88.3 Å². The number of rotatable bonds is 17. The van der Waals surface area contributed by atoms with Crippen molar-refractivity contribution < 1.29 is 53.0 Å². The quantitative estimate of drug-likeness (QED) is 0.0593. The van der Waals surface area contributed by atoms with E-state index in [0.29, 0.717) is 52.9 Å². The topological polar surface area (TPSA) is 194 Å². The molecule has 0 unspecified atom stereocenters. The van der Waals surface area contributed by atoms with Crippen LogP contribution in [0.25, 0.3) is 0 Å². The molecule has 0 aromatic carbocycles. The van der Waals surface area contributed by atoms with Crippen molar-refractivity contribution in [2.45, 2.75) is 86.3 Å². The monoisotopic (exact) mass is 1200 g/mol. The Labute approximate surface area is 422 Å². The Morgan fingerprint density at radius 3 is 1.43 bits per heavy atom. The van der Waals surface area contributed by atoms with Gasteiger partial charge in [-0.3, -0.25) is 38.4 Å². The van der Waals surface area contributed by atoms with Gasteiger partial charge in [0.1, 0.15) is 11.4 Å². The second-order valence-corrected chi connectivity index (χ2v) is 20.8. The summed E-state index contributed by atoms with van der Waals surface area (Å²) in [6.45, 7) is 19.5. The molecule has 0 saturated heterocycles. The van der Waals surface area contributed by atoms with Crippen LogP contribution < -0.4 is 5.32 Å². The number of nitrogens with one attached hydrogen (secondary N) is 1. The van der Waals surface area contributed by atoms with Crippen LogP contribution in [-0.4, -0.2) is 152 Å². The van der Waals surface area contributed by atoms with E-state index in [1.165, 1.54) is 37.0 Å². The van der Waals surface area contributed by atoms with E-state index in [2.05, 4.69) is 97.5 Å². The minimum Gasteiger partial charge on any atom is -0.492 e. The Balaban J connectivity index is 0. The molecule has 2 heterocycles. The molecule has 2 aromatic rings. The maximum Gasteiger partial charge on any atom is 0.345 e. The predicted molar refractivity (Wildman–Crippen MR) is 274 cm³/mol. The first-order chi connectivity index (χ1) is 29.9. The molecule has 65 heavy (non-hydrogen) atoms. The smallest absolute Gasteiger partial charge is 0.345 e. The Morgan fingerprint density at radius 1 is 0.785 bits per heavy atom. The van der Waals surface area contributed by atoms with Gasteiger partial charge < -0.3 is 29.0 Å². The summed E-state index contributed by atoms with van der Waals surface area (Å²) in [4.78, 5) is 54.8. The number of carbonyl (C=O) groups excluding carboxylic acids is 4. The number of methoxy groups -OCH3 is 2. The third-order valence-corrected chi connectivity index (χ3v) is 13.3. The first-order valence-corrected chi connectivity index (χ1v) is 25.5. The van der Waals surface area contributed by atoms with E-state index >= 15 is 0 Å². The minimum atomic E-state index is -3.29. The molecule has 0 atom stereocenters. The van der Waals surface area contributed by atoms with Crippen molar-refractivity contribution >= 4 is 95.6 Å². The summed E-state index contributed by atoms with van der Waals surface area (Å²) in [5.74, 6) is -1.23. The summed E-state index contributed by atoms with van der Waals surface area (Å²) in [6, 6.07) is 4.49. The average Bonchev–Trinajstić information content (AvgIpc) is 3.77. The fraction of sp³-hybridized carbons (Fsp3) is 0.628. The van der Waals surface area contributed by atoms with Crippen LogP contribution in [0.4, 0.5) is 0 Å². The Morgan fingerprint density at radius 2 is 1.17 bits per heavy atom. The van der Waals surface area contributed by atoms with Crippen LogP contribution in [0.2, 0.25) is 0 Å². The maximum absolute atomic E-state index is 13.6. The van der Waals surface area contributed by atoms with Gasteiger partial charge in [0.2, 0.25) is 23.1 Å². The highest BCUT2D eigenvalue weighted by molar-refractivity contribution is 9.09. The SMILES string of the molecule is Br.CC(C)(C)OO.CCN(C(C)C)C(C)C.CNCCBr.COC1=CC(=O)c2c(cc(CO)n2C)C1=O.COC1=CC(=O)c2c(cc(COP(=O)(N(C)CCBr)N(C)CCBr)n2C)C1=O. The highest BCUT2D eigenvalue weighted by Crippen LogP contribution is 2.53. The first kappa shape index (κ1) is 65.2. The molecule has 0 fully saturated rings. The zero-order valence-electron chi connectivity index (χ0n) is 40.6. The van der Waals surface area contributed by atoms with Gasteiger partial charge in [-0.2, -0.15) is 0 Å². The molecule has 374 valence electrons. The molecule has 0 bridgehead atoms. The van der Waals surface area contributed by atoms with Gasteiger partial charge in [0.05, 0.1) is 44.2 Å². The number of allylic oxidation sites excluding steroid dienone is 4. The molecular formula is C43H73Br4N6O11P. The molecular weight excluding hydrogens is 1130 g/mol. The number of hydrogen-bond acceptors (Lipinski definition) is 13. The molecule has 2 aliphatic rings. The van der Waals surface area contributed by atoms with Crippen molar-refractivity contribution in [3.63, 3.8) is 0 Å². The highest BCUT2D eigenvalue weighted by atomic mass is 79.9. The molecule has 0 spiro atoms. The third-order valence-electron chi connectivity index (χ3n) is 9.56. The van der Waals surface area contributed by atoms with Gasteiger partial charge in [-0.1, -0.05) is 54.7 Å². The standard InChI is InChI=1S/C17H24Br2N3O5P.C11H11NO4.C8H19N.C4H10O2.C3H8BrN.BrH/c1-20(7-5-18)28(25,21(2)8-6-19)27-11-12-9-13-16(22(12)3)14(23)10-15(26-4)17(13)24;1-12-6(5-13)3-7-10(12)8(14)4-9(16-2)11(7)15;1-6-9(7(2)3)8(4)5;1-4(2,3)6-5;1-5-3-2-4;/h9-10H,5-8,11H2,1-4H3;3-4,13H,5H2,1-2H3;7-8H,6H2,1-5H3;5H,1-3H3;5H,2-3H2,1H3;1H. The minimum absolute atomic E-state index is 0. The van der Waals surface area contributed by atoms with Crippen LogP contribution in [-0.2, 0) is 50.8 Å². The molecule has 0 saturated carbocycles. The number of aliphatic hydroxyl groups is 1. The second-order valence-electron chi connectivity index (χ2n) is 15.8. The fourth-order valence-electron chi connectivity index (χ4n) is 6.15. The second kappa shape index (κ2) is 32.1. The molecule has 0 aliphatic heterocycles. The van der Waals surface area contributed by atoms with E-state index in [0.717, 1.165) is 18.4 Å². The van der Waals surface area contributed by atoms with Gasteiger partial charge in [-0.25, -0.2) is 14.2 Å². The van der Waals surface area contributed by atoms with E-state index in [4.69, 9.17) is 24.4 Å². The molecule has 0 amide bonds. The summed E-state index contributed by atoms with van der Waals surface area (Å²) < 4.78 is 35.8. The van der Waals surface area contributed by atoms with Gasteiger partial charge in [0, 0.05) is 85.3 Å². The van der Waals surface area contributed by atoms with Gasteiger partial charge >= 0.3 is 7.67 Å². The molecule has 0 radical (unpaired) electrons. The Bertz CT molecular complexity index is 1900. The lowest BCUT2D eigenvalue weighted by Crippen LogP contribution is -2.36. The fourth-order valence-corrected chi connectivity index (χ4v) is 10.1. The van der Waals surface area contributed by atoms with E-state index in [-0.39, 0.29) is 81.7 Å². The predicted octanol–water partition coefficient (Wildman–Crippen LogP) is 8.22. The van der Waals surface area contributed by atoms with Crippen LogP contribution >= 0.6 is 72.4 Å². The number of hydrogen-bond donors (Lipinski definition) is 3. The number of ketones is 4. The van der Waals surface area contributed by atoms with Gasteiger partial charge in [0.15, 0.2) is 11.5 Å². The molecule has 22 heteroatoms. The van der Waals surface area contributed by atoms with Crippen LogP contribution in [0.5, 0.6) is 0 Å². The number of ether oxygens (including phenoxy) is 2. The number of carbonyl (C=O) groups is 4. The van der Waals surface area contributed by atoms with E-state index < -0.39 is 13.3 Å². The molecule has 4 rings (SSSR count). The van der Waals surface area contributed by atoms with Crippen molar-refractivity contribution in [2.75, 3.05) is 77.5 Å². The summed E-state index contributed by atoms with van der Waals surface area (Å²) in [5.41, 5.74) is 1.84. The summed E-state index contributed by atoms with van der Waals surface area (Å²) >= 11 is 9.97. The van der Waals surface area contributed by atoms with Gasteiger partial charge in [0.25, 0.3) is 0 Å². The van der Waals surface area contributed by atoms with Crippen molar-refractivity contribution in [1.29, 1.82) is 0 Å². The summed E-state index contributed by atoms with van der Waals surface area (Å²) in [5, 5.41) is 22.3. The number of alkyl halides is 3. The largest absolute Gasteiger partial charge is 0.492 e. The zero-order valence-corrected chi connectivity index (χ0v) is 48.0. The molecule has 2 aliphatic carbocycles. The van der Waals surface area contributed by atoms with E-state index in [9.17, 15) is 23.7 Å². The van der Waals surface area contributed by atoms with Crippen LogP contribution in [0.15, 0.2) is 35.8 Å². The van der Waals surface area contributed by atoms with E-state index in [1.807, 2.05) is 7.05 Å². The Hall–Kier alpha value is -1.85. The Kier molecular flexibility index (Phi) is 32.2. The highest BCUT2D eigenvalue weighted by Gasteiger charge is 2.36. The molecule has 2 aromatic heterocycles. The number of Topliss-reactive ketones (excluding diaryl/α,β-unsaturated/α-hetero) is 2. The van der Waals surface area contributed by atoms with Crippen LogP contribution in [0.3, 0.4) is 0 Å². The summed E-state index contributed by atoms with van der Waals surface area (Å²) in [6.07, 6.45) is 2.36. The number of aromatic nitrogens is 2. The van der Waals surface area contributed by atoms with Crippen molar-refractivity contribution in [1.82, 2.24) is 28.7 Å². The third kappa shape index (κ3) is 19.6. The lowest BCUT2D eigenvalue weighted by Gasteiger charge is -2.33. The number of nitrogens with zero attached hydrogens (tertiary/aromatic N) is 5. The first-order valence-electron chi connectivity index (χ1n) is 20.6. The van der Waals surface area contributed by atoms with E-state index in [1.54, 1.807) is 68.9 Å². The normalized spacial score (nSPS) is 13.4. The summed E-state index contributed by atoms with van der Waals surface area (Å²) in [7, 11) is 8.14. The lowest BCUT2D eigenvalue weighted by molar-refractivity contribution is -0.306. The number of halogens is 4. The van der Waals surface area contributed by atoms with Crippen molar-refractivity contribution in [2.24, 2.45) is 14.1 Å². The average molecular weight is 1200 g/mol.